The predicted molar refractivity (Wildman–Crippen MR) is 71.2 cm³/mol. The molecule has 2 rings (SSSR count). The van der Waals surface area contributed by atoms with Crippen LogP contribution >= 0.6 is 0 Å². The van der Waals surface area contributed by atoms with Crippen molar-refractivity contribution in [1.82, 2.24) is 0 Å². The molecule has 0 bridgehead atoms. The lowest BCUT2D eigenvalue weighted by atomic mass is 10.0. The molecule has 18 heavy (non-hydrogen) atoms. The number of phenols is 1. The zero-order valence-electron chi connectivity index (χ0n) is 10.1. The summed E-state index contributed by atoms with van der Waals surface area (Å²) in [6.07, 6.45) is 2.34. The maximum Gasteiger partial charge on any atom is 0.336 e. The van der Waals surface area contributed by atoms with E-state index >= 15 is 0 Å². The quantitative estimate of drug-likeness (QED) is 0.322. The molecule has 0 fully saturated rings. The zero-order valence-corrected chi connectivity index (χ0v) is 10.1. The van der Waals surface area contributed by atoms with E-state index in [0.717, 1.165) is 10.9 Å². The minimum absolute atomic E-state index is 0.131. The van der Waals surface area contributed by atoms with Crippen LogP contribution < -0.4 is 17.3 Å². The van der Waals surface area contributed by atoms with Crippen molar-refractivity contribution in [2.45, 2.75) is 13.3 Å². The zero-order chi connectivity index (χ0) is 13.7. The van der Waals surface area contributed by atoms with E-state index in [9.17, 15) is 9.90 Å². The first-order valence-corrected chi connectivity index (χ1v) is 5.33. The van der Waals surface area contributed by atoms with Crippen molar-refractivity contribution >= 4 is 11.0 Å². The average molecular weight is 248 g/mol. The number of hydrogen-bond donors (Lipinski definition) is 3. The molecule has 1 aromatic carbocycles. The summed E-state index contributed by atoms with van der Waals surface area (Å²) < 4.78 is 5.11. The van der Waals surface area contributed by atoms with Crippen LogP contribution in [0.3, 0.4) is 0 Å². The monoisotopic (exact) mass is 248 g/mol. The lowest BCUT2D eigenvalue weighted by molar-refractivity contribution is 0.468. The molecule has 0 spiro atoms. The van der Waals surface area contributed by atoms with Crippen molar-refractivity contribution in [3.63, 3.8) is 0 Å². The summed E-state index contributed by atoms with van der Waals surface area (Å²) in [6.45, 7) is 5.37. The van der Waals surface area contributed by atoms with Gasteiger partial charge >= 0.3 is 5.63 Å². The molecule has 0 saturated carbocycles. The smallest absolute Gasteiger partial charge is 0.336 e. The molecule has 5 heteroatoms. The van der Waals surface area contributed by atoms with Crippen LogP contribution in [0.5, 0.6) is 5.75 Å². The van der Waals surface area contributed by atoms with E-state index in [4.69, 9.17) is 4.42 Å². The largest absolute Gasteiger partial charge is 0.508 e. The van der Waals surface area contributed by atoms with Gasteiger partial charge in [0.25, 0.3) is 0 Å². The standard InChI is InChI=1S/C13H12O3.H4N2/c1-3-4-9-7-12(15)16-13-8(2)11(14)6-5-10(9)13;1-2/h3,5-7,14H,1,4H2,2H3;1-2H2. The second kappa shape index (κ2) is 6.00. The Bertz CT molecular complexity index is 617. The van der Waals surface area contributed by atoms with Crippen molar-refractivity contribution in [3.05, 3.63) is 52.4 Å². The second-order valence-corrected chi connectivity index (χ2v) is 3.67. The number of phenolic OH excluding ortho intramolecular Hbond substituents is 1. The summed E-state index contributed by atoms with van der Waals surface area (Å²) >= 11 is 0. The second-order valence-electron chi connectivity index (χ2n) is 3.67. The molecule has 5 N–H and O–H groups in total. The first kappa shape index (κ1) is 14.0. The molecule has 96 valence electrons. The Labute approximate surface area is 104 Å². The van der Waals surface area contributed by atoms with Gasteiger partial charge in [0.1, 0.15) is 11.3 Å². The minimum atomic E-state index is -0.405. The molecule has 0 atom stereocenters. The molecular formula is C13H16N2O3. The summed E-state index contributed by atoms with van der Waals surface area (Å²) in [6, 6.07) is 4.81. The number of hydrogen-bond acceptors (Lipinski definition) is 5. The van der Waals surface area contributed by atoms with Gasteiger partial charge in [0.05, 0.1) is 0 Å². The number of nitrogens with two attached hydrogens (primary N) is 2. The number of hydrazine groups is 1. The minimum Gasteiger partial charge on any atom is -0.508 e. The van der Waals surface area contributed by atoms with Gasteiger partial charge in [-0.25, -0.2) is 4.79 Å². The van der Waals surface area contributed by atoms with Gasteiger partial charge in [-0.15, -0.1) is 6.58 Å². The average Bonchev–Trinajstić information content (AvgIpc) is 2.37. The van der Waals surface area contributed by atoms with Crippen LogP contribution in [-0.2, 0) is 6.42 Å². The fourth-order valence-corrected chi connectivity index (χ4v) is 1.74. The Balaban J connectivity index is 0.000000771. The Morgan fingerprint density at radius 1 is 1.44 bits per heavy atom. The van der Waals surface area contributed by atoms with Gasteiger partial charge in [-0.1, -0.05) is 6.08 Å². The van der Waals surface area contributed by atoms with Gasteiger partial charge in [-0.3, -0.25) is 11.7 Å². The van der Waals surface area contributed by atoms with Crippen LogP contribution in [0.25, 0.3) is 11.0 Å². The normalized spacial score (nSPS) is 9.72. The molecule has 0 aliphatic heterocycles. The highest BCUT2D eigenvalue weighted by Gasteiger charge is 2.09. The first-order valence-electron chi connectivity index (χ1n) is 5.33. The predicted octanol–water partition coefficient (Wildman–Crippen LogP) is 1.35. The van der Waals surface area contributed by atoms with Gasteiger partial charge in [0, 0.05) is 17.0 Å². The van der Waals surface area contributed by atoms with Crippen molar-refractivity contribution in [3.8, 4) is 5.75 Å². The lowest BCUT2D eigenvalue weighted by Crippen LogP contribution is -2.02. The Morgan fingerprint density at radius 2 is 2.11 bits per heavy atom. The fourth-order valence-electron chi connectivity index (χ4n) is 1.74. The molecule has 0 radical (unpaired) electrons. The summed E-state index contributed by atoms with van der Waals surface area (Å²) in [5.41, 5.74) is 1.49. The van der Waals surface area contributed by atoms with Crippen molar-refractivity contribution < 1.29 is 9.52 Å². The maximum absolute atomic E-state index is 11.4. The number of benzene rings is 1. The third-order valence-corrected chi connectivity index (χ3v) is 2.58. The molecule has 1 heterocycles. The molecular weight excluding hydrogens is 232 g/mol. The molecule has 0 unspecified atom stereocenters. The number of aryl methyl sites for hydroxylation is 1. The van der Waals surface area contributed by atoms with Gasteiger partial charge in [-0.05, 0) is 31.0 Å². The molecule has 2 aromatic rings. The van der Waals surface area contributed by atoms with E-state index in [1.807, 2.05) is 0 Å². The Hall–Kier alpha value is -2.11. The van der Waals surface area contributed by atoms with Crippen LogP contribution in [-0.4, -0.2) is 5.11 Å². The van der Waals surface area contributed by atoms with E-state index in [0.29, 0.717) is 17.6 Å². The van der Waals surface area contributed by atoms with Crippen LogP contribution in [0.15, 0.2) is 40.1 Å². The van der Waals surface area contributed by atoms with Crippen LogP contribution in [0.2, 0.25) is 0 Å². The molecule has 0 aliphatic carbocycles. The highest BCUT2D eigenvalue weighted by molar-refractivity contribution is 5.84. The Kier molecular flexibility index (Phi) is 4.65. The number of aromatic hydroxyl groups is 1. The van der Waals surface area contributed by atoms with Gasteiger partial charge < -0.3 is 9.52 Å². The van der Waals surface area contributed by atoms with Gasteiger partial charge in [-0.2, -0.15) is 0 Å². The summed E-state index contributed by atoms with van der Waals surface area (Å²) in [5, 5.41) is 10.4. The highest BCUT2D eigenvalue weighted by atomic mass is 16.4. The van der Waals surface area contributed by atoms with Gasteiger partial charge in [0.2, 0.25) is 0 Å². The molecule has 0 saturated heterocycles. The number of rotatable bonds is 2. The molecule has 0 amide bonds. The Morgan fingerprint density at radius 3 is 2.72 bits per heavy atom. The third kappa shape index (κ3) is 2.58. The molecule has 1 aromatic heterocycles. The van der Waals surface area contributed by atoms with Crippen LogP contribution in [0, 0.1) is 6.92 Å². The van der Waals surface area contributed by atoms with E-state index < -0.39 is 5.63 Å². The van der Waals surface area contributed by atoms with Gasteiger partial charge in [0.15, 0.2) is 0 Å². The third-order valence-electron chi connectivity index (χ3n) is 2.58. The van der Waals surface area contributed by atoms with E-state index in [2.05, 4.69) is 18.3 Å². The highest BCUT2D eigenvalue weighted by Crippen LogP contribution is 2.27. The fraction of sp³-hybridized carbons (Fsp3) is 0.154. The van der Waals surface area contributed by atoms with Crippen molar-refractivity contribution in [2.24, 2.45) is 11.7 Å². The number of fused-ring (bicyclic) bond motifs is 1. The SMILES string of the molecule is C=CCc1cc(=O)oc2c(C)c(O)ccc12.NN. The number of allylic oxidation sites excluding steroid dienone is 1. The first-order chi connectivity index (χ1) is 8.63. The summed E-state index contributed by atoms with van der Waals surface area (Å²) in [4.78, 5) is 11.4. The van der Waals surface area contributed by atoms with E-state index in [1.54, 1.807) is 25.1 Å². The van der Waals surface area contributed by atoms with Crippen LogP contribution in [0.4, 0.5) is 0 Å². The van der Waals surface area contributed by atoms with E-state index in [-0.39, 0.29) is 5.75 Å². The topological polar surface area (TPSA) is 102 Å². The molecule has 0 aliphatic rings. The van der Waals surface area contributed by atoms with Crippen molar-refractivity contribution in [1.29, 1.82) is 0 Å². The molecule has 5 nitrogen and oxygen atoms in total. The maximum atomic E-state index is 11.4. The van der Waals surface area contributed by atoms with Crippen LogP contribution in [0.1, 0.15) is 11.1 Å². The summed E-state index contributed by atoms with van der Waals surface area (Å²) in [5.74, 6) is 8.13. The van der Waals surface area contributed by atoms with Crippen molar-refractivity contribution in [2.75, 3.05) is 0 Å². The van der Waals surface area contributed by atoms with E-state index in [1.165, 1.54) is 6.07 Å². The summed E-state index contributed by atoms with van der Waals surface area (Å²) in [7, 11) is 0. The lowest BCUT2D eigenvalue weighted by Gasteiger charge is -2.06.